The van der Waals surface area contributed by atoms with Crippen LogP contribution in [0.4, 0.5) is 5.82 Å². The van der Waals surface area contributed by atoms with E-state index in [4.69, 9.17) is 4.74 Å². The lowest BCUT2D eigenvalue weighted by atomic mass is 9.99. The third kappa shape index (κ3) is 3.62. The van der Waals surface area contributed by atoms with Gasteiger partial charge in [0.1, 0.15) is 17.1 Å². The van der Waals surface area contributed by atoms with Crippen molar-refractivity contribution in [1.29, 1.82) is 0 Å². The summed E-state index contributed by atoms with van der Waals surface area (Å²) in [6.45, 7) is 3.30. The molecule has 1 aliphatic heterocycles. The number of carbonyl (C=O) groups is 1. The number of carboxylic acids is 1. The smallest absolute Gasteiger partial charge is 0.339 e. The zero-order valence-electron chi connectivity index (χ0n) is 15.0. The van der Waals surface area contributed by atoms with Gasteiger partial charge in [0.2, 0.25) is 0 Å². The first kappa shape index (κ1) is 17.1. The molecule has 0 aliphatic carbocycles. The van der Waals surface area contributed by atoms with E-state index in [9.17, 15) is 9.90 Å². The number of aromatic carboxylic acids is 1. The molecule has 0 saturated heterocycles. The maximum Gasteiger partial charge on any atom is 0.339 e. The van der Waals surface area contributed by atoms with Crippen LogP contribution in [0.3, 0.4) is 0 Å². The highest BCUT2D eigenvalue weighted by molar-refractivity contribution is 5.93. The Bertz CT molecular complexity index is 997. The minimum Gasteiger partial charge on any atom is -0.492 e. The van der Waals surface area contributed by atoms with Crippen molar-refractivity contribution in [3.63, 3.8) is 0 Å². The molecule has 5 nitrogen and oxygen atoms in total. The number of carboxylic acid groups (broad SMARTS) is 1. The standard InChI is InChI=1S/C22H20N2O3/c1-14-3-2-4-15(9-14)12-23-20-6-5-17(13-24-20)18-10-16-7-8-27-21(16)19(11-18)22(25)26/h2-6,9-11,13H,7-8,12H2,1H3,(H,23,24)(H,25,26). The Kier molecular flexibility index (Phi) is 4.50. The van der Waals surface area contributed by atoms with Gasteiger partial charge < -0.3 is 15.2 Å². The maximum absolute atomic E-state index is 11.5. The summed E-state index contributed by atoms with van der Waals surface area (Å²) in [5.41, 5.74) is 5.30. The summed E-state index contributed by atoms with van der Waals surface area (Å²) >= 11 is 0. The second-order valence-electron chi connectivity index (χ2n) is 6.69. The summed E-state index contributed by atoms with van der Waals surface area (Å²) in [7, 11) is 0. The summed E-state index contributed by atoms with van der Waals surface area (Å²) < 4.78 is 5.48. The minimum atomic E-state index is -0.973. The van der Waals surface area contributed by atoms with E-state index in [1.54, 1.807) is 12.3 Å². The molecule has 2 N–H and O–H groups in total. The Balaban J connectivity index is 1.54. The van der Waals surface area contributed by atoms with Crippen molar-refractivity contribution in [3.05, 3.63) is 77.0 Å². The van der Waals surface area contributed by atoms with Gasteiger partial charge in [-0.3, -0.25) is 0 Å². The summed E-state index contributed by atoms with van der Waals surface area (Å²) in [5.74, 6) is 0.304. The van der Waals surface area contributed by atoms with Gasteiger partial charge >= 0.3 is 5.97 Å². The first-order valence-electron chi connectivity index (χ1n) is 8.89. The summed E-state index contributed by atoms with van der Waals surface area (Å²) in [6.07, 6.45) is 2.49. The highest BCUT2D eigenvalue weighted by Crippen LogP contribution is 2.34. The summed E-state index contributed by atoms with van der Waals surface area (Å²) in [5, 5.41) is 12.8. The first-order chi connectivity index (χ1) is 13.1. The van der Waals surface area contributed by atoms with E-state index >= 15 is 0 Å². The number of aromatic nitrogens is 1. The number of hydrogen-bond donors (Lipinski definition) is 2. The fourth-order valence-corrected chi connectivity index (χ4v) is 3.32. The molecule has 3 aromatic rings. The van der Waals surface area contributed by atoms with Crippen LogP contribution in [0.15, 0.2) is 54.7 Å². The summed E-state index contributed by atoms with van der Waals surface area (Å²) in [6, 6.07) is 15.8. The number of fused-ring (bicyclic) bond motifs is 1. The molecule has 4 rings (SSSR count). The van der Waals surface area contributed by atoms with Gasteiger partial charge in [-0.05, 0) is 47.9 Å². The molecule has 2 aromatic carbocycles. The average molecular weight is 360 g/mol. The van der Waals surface area contributed by atoms with Crippen LogP contribution in [-0.2, 0) is 13.0 Å². The quantitative estimate of drug-likeness (QED) is 0.710. The molecule has 0 saturated carbocycles. The van der Waals surface area contributed by atoms with Crippen LogP contribution in [0.25, 0.3) is 11.1 Å². The van der Waals surface area contributed by atoms with Crippen LogP contribution < -0.4 is 10.1 Å². The number of anilines is 1. The van der Waals surface area contributed by atoms with Crippen LogP contribution in [0.1, 0.15) is 27.0 Å². The van der Waals surface area contributed by atoms with Gasteiger partial charge in [0.15, 0.2) is 0 Å². The van der Waals surface area contributed by atoms with E-state index in [0.717, 1.165) is 28.9 Å². The van der Waals surface area contributed by atoms with Gasteiger partial charge in [0.05, 0.1) is 6.61 Å². The Hall–Kier alpha value is -3.34. The first-order valence-corrected chi connectivity index (χ1v) is 8.89. The van der Waals surface area contributed by atoms with Crippen LogP contribution in [0.2, 0.25) is 0 Å². The number of ether oxygens (including phenoxy) is 1. The van der Waals surface area contributed by atoms with E-state index < -0.39 is 5.97 Å². The van der Waals surface area contributed by atoms with Gasteiger partial charge in [0.25, 0.3) is 0 Å². The minimum absolute atomic E-state index is 0.210. The fraction of sp³-hybridized carbons (Fsp3) is 0.182. The molecule has 0 amide bonds. The predicted octanol–water partition coefficient (Wildman–Crippen LogP) is 4.30. The van der Waals surface area contributed by atoms with Crippen molar-refractivity contribution < 1.29 is 14.6 Å². The predicted molar refractivity (Wildman–Crippen MR) is 104 cm³/mol. The number of aryl methyl sites for hydroxylation is 1. The second-order valence-corrected chi connectivity index (χ2v) is 6.69. The van der Waals surface area contributed by atoms with Gasteiger partial charge in [-0.25, -0.2) is 9.78 Å². The van der Waals surface area contributed by atoms with E-state index in [-0.39, 0.29) is 5.56 Å². The monoisotopic (exact) mass is 360 g/mol. The molecule has 0 spiro atoms. The summed E-state index contributed by atoms with van der Waals surface area (Å²) in [4.78, 5) is 16.0. The topological polar surface area (TPSA) is 71.5 Å². The number of nitrogens with zero attached hydrogens (tertiary/aromatic N) is 1. The molecule has 2 heterocycles. The third-order valence-corrected chi connectivity index (χ3v) is 4.67. The molecule has 0 fully saturated rings. The molecule has 0 bridgehead atoms. The Morgan fingerprint density at radius 2 is 2.07 bits per heavy atom. The molecule has 0 atom stereocenters. The normalized spacial score (nSPS) is 12.3. The van der Waals surface area contributed by atoms with Gasteiger partial charge in [-0.15, -0.1) is 0 Å². The van der Waals surface area contributed by atoms with Gasteiger partial charge in [-0.1, -0.05) is 29.8 Å². The zero-order chi connectivity index (χ0) is 18.8. The molecule has 0 unspecified atom stereocenters. The zero-order valence-corrected chi connectivity index (χ0v) is 15.0. The van der Waals surface area contributed by atoms with E-state index in [1.165, 1.54) is 11.1 Å². The molecule has 5 heteroatoms. The van der Waals surface area contributed by atoms with Crippen LogP contribution in [0, 0.1) is 6.92 Å². The number of hydrogen-bond acceptors (Lipinski definition) is 4. The van der Waals surface area contributed by atoms with Crippen molar-refractivity contribution >= 4 is 11.8 Å². The molecule has 1 aliphatic rings. The molecule has 1 aromatic heterocycles. The molecular formula is C22H20N2O3. The lowest BCUT2D eigenvalue weighted by molar-refractivity contribution is 0.0693. The fourth-order valence-electron chi connectivity index (χ4n) is 3.32. The molecule has 0 radical (unpaired) electrons. The van der Waals surface area contributed by atoms with Crippen molar-refractivity contribution in [2.24, 2.45) is 0 Å². The van der Waals surface area contributed by atoms with Crippen molar-refractivity contribution in [1.82, 2.24) is 4.98 Å². The van der Waals surface area contributed by atoms with Crippen molar-refractivity contribution in [2.45, 2.75) is 19.9 Å². The lowest BCUT2D eigenvalue weighted by Gasteiger charge is -2.10. The van der Waals surface area contributed by atoms with E-state index in [0.29, 0.717) is 18.9 Å². The lowest BCUT2D eigenvalue weighted by Crippen LogP contribution is -2.02. The highest BCUT2D eigenvalue weighted by atomic mass is 16.5. The highest BCUT2D eigenvalue weighted by Gasteiger charge is 2.22. The maximum atomic E-state index is 11.5. The Morgan fingerprint density at radius 3 is 2.81 bits per heavy atom. The van der Waals surface area contributed by atoms with E-state index in [2.05, 4.69) is 35.4 Å². The number of rotatable bonds is 5. The molecular weight excluding hydrogens is 340 g/mol. The van der Waals surface area contributed by atoms with Crippen LogP contribution in [-0.4, -0.2) is 22.7 Å². The average Bonchev–Trinajstić information content (AvgIpc) is 3.14. The number of pyridine rings is 1. The second kappa shape index (κ2) is 7.11. The Labute approximate surface area is 157 Å². The third-order valence-electron chi connectivity index (χ3n) is 4.67. The van der Waals surface area contributed by atoms with Crippen molar-refractivity contribution in [2.75, 3.05) is 11.9 Å². The van der Waals surface area contributed by atoms with Gasteiger partial charge in [-0.2, -0.15) is 0 Å². The van der Waals surface area contributed by atoms with Crippen LogP contribution >= 0.6 is 0 Å². The van der Waals surface area contributed by atoms with Gasteiger partial charge in [0, 0.05) is 24.7 Å². The molecule has 27 heavy (non-hydrogen) atoms. The van der Waals surface area contributed by atoms with E-state index in [1.807, 2.05) is 24.3 Å². The molecule has 136 valence electrons. The number of benzene rings is 2. The largest absolute Gasteiger partial charge is 0.492 e. The van der Waals surface area contributed by atoms with Crippen molar-refractivity contribution in [3.8, 4) is 16.9 Å². The SMILES string of the molecule is Cc1cccc(CNc2ccc(-c3cc4c(c(C(=O)O)c3)OCC4)cn2)c1. The number of nitrogens with one attached hydrogen (secondary N) is 1. The van der Waals surface area contributed by atoms with Crippen LogP contribution in [0.5, 0.6) is 5.75 Å². The Morgan fingerprint density at radius 1 is 1.19 bits per heavy atom.